The number of nitrogens with one attached hydrogen (secondary N) is 1. The molecule has 1 aliphatic rings. The Morgan fingerprint density at radius 3 is 2.43 bits per heavy atom. The van der Waals surface area contributed by atoms with Crippen LogP contribution in [0.3, 0.4) is 0 Å². The third-order valence-electron chi connectivity index (χ3n) is 3.18. The Balaban J connectivity index is 0.00000200. The van der Waals surface area contributed by atoms with Gasteiger partial charge in [-0.05, 0) is 11.6 Å². The lowest BCUT2D eigenvalue weighted by atomic mass is 10.0. The van der Waals surface area contributed by atoms with Crippen LogP contribution in [0.15, 0.2) is 18.5 Å². The van der Waals surface area contributed by atoms with Gasteiger partial charge in [0.2, 0.25) is 0 Å². The summed E-state index contributed by atoms with van der Waals surface area (Å²) in [5.74, 6) is 0. The van der Waals surface area contributed by atoms with E-state index in [1.807, 2.05) is 4.90 Å². The van der Waals surface area contributed by atoms with E-state index in [1.54, 1.807) is 6.07 Å². The minimum Gasteiger partial charge on any atom is -0.314 e. The van der Waals surface area contributed by atoms with E-state index < -0.39 is 18.6 Å². The Hall–Kier alpha value is -0.270. The van der Waals surface area contributed by atoms with Crippen molar-refractivity contribution >= 4 is 36.4 Å². The van der Waals surface area contributed by atoms with Crippen LogP contribution in [0.4, 0.5) is 13.2 Å². The van der Waals surface area contributed by atoms with Crippen LogP contribution in [0.1, 0.15) is 18.0 Å². The number of rotatable bonds is 3. The van der Waals surface area contributed by atoms with E-state index in [0.717, 1.165) is 0 Å². The van der Waals surface area contributed by atoms with Gasteiger partial charge in [0, 0.05) is 44.6 Å². The highest BCUT2D eigenvalue weighted by Crippen LogP contribution is 2.36. The van der Waals surface area contributed by atoms with E-state index in [0.29, 0.717) is 31.7 Å². The van der Waals surface area contributed by atoms with Gasteiger partial charge in [-0.2, -0.15) is 13.2 Å². The van der Waals surface area contributed by atoms with Gasteiger partial charge in [0.1, 0.15) is 0 Å². The maximum absolute atomic E-state index is 12.8. The smallest absolute Gasteiger partial charge is 0.314 e. The van der Waals surface area contributed by atoms with E-state index >= 15 is 0 Å². The highest BCUT2D eigenvalue weighted by atomic mass is 35.5. The van der Waals surface area contributed by atoms with Crippen molar-refractivity contribution in [2.45, 2.75) is 18.6 Å². The van der Waals surface area contributed by atoms with Crippen molar-refractivity contribution in [3.8, 4) is 0 Å². The Morgan fingerprint density at radius 1 is 1.29 bits per heavy atom. The summed E-state index contributed by atoms with van der Waals surface area (Å²) >= 11 is 5.99. The molecule has 3 nitrogen and oxygen atoms in total. The minimum absolute atomic E-state index is 0. The van der Waals surface area contributed by atoms with Crippen LogP contribution in [-0.2, 0) is 0 Å². The van der Waals surface area contributed by atoms with Crippen LogP contribution in [-0.4, -0.2) is 42.2 Å². The van der Waals surface area contributed by atoms with E-state index in [-0.39, 0.29) is 29.8 Å². The average Bonchev–Trinajstić information content (AvgIpc) is 2.37. The number of hydrogen-bond donors (Lipinski definition) is 1. The maximum Gasteiger partial charge on any atom is 0.390 e. The molecule has 0 amide bonds. The molecule has 2 rings (SSSR count). The fourth-order valence-electron chi connectivity index (χ4n) is 2.30. The summed E-state index contributed by atoms with van der Waals surface area (Å²) in [6.07, 6.45) is -2.24. The van der Waals surface area contributed by atoms with E-state index in [2.05, 4.69) is 10.3 Å². The first-order valence-corrected chi connectivity index (χ1v) is 6.46. The van der Waals surface area contributed by atoms with Crippen LogP contribution in [0.5, 0.6) is 0 Å². The molecular weight excluding hydrogens is 350 g/mol. The van der Waals surface area contributed by atoms with Crippen molar-refractivity contribution in [1.82, 2.24) is 15.2 Å². The summed E-state index contributed by atoms with van der Waals surface area (Å²) in [5, 5.41) is 3.42. The van der Waals surface area contributed by atoms with Gasteiger partial charge in [-0.25, -0.2) is 0 Å². The molecule has 0 saturated carbocycles. The second-order valence-corrected chi connectivity index (χ2v) is 4.93. The molecule has 0 radical (unpaired) electrons. The molecule has 122 valence electrons. The topological polar surface area (TPSA) is 28.2 Å². The molecule has 2 heterocycles. The number of alkyl halides is 3. The Bertz CT molecular complexity index is 426. The summed E-state index contributed by atoms with van der Waals surface area (Å²) in [6, 6.07) is 0.832. The van der Waals surface area contributed by atoms with Crippen molar-refractivity contribution in [1.29, 1.82) is 0 Å². The molecule has 1 fully saturated rings. The van der Waals surface area contributed by atoms with E-state index in [9.17, 15) is 13.2 Å². The summed E-state index contributed by atoms with van der Waals surface area (Å²) in [5.41, 5.74) is 0.496. The highest BCUT2D eigenvalue weighted by molar-refractivity contribution is 6.31. The third-order valence-corrected chi connectivity index (χ3v) is 3.50. The third kappa shape index (κ3) is 6.16. The molecule has 1 atom stereocenters. The Morgan fingerprint density at radius 2 is 1.90 bits per heavy atom. The normalized spacial score (nSPS) is 17.5. The maximum atomic E-state index is 12.8. The van der Waals surface area contributed by atoms with Crippen molar-refractivity contribution in [2.24, 2.45) is 0 Å². The Labute approximate surface area is 139 Å². The van der Waals surface area contributed by atoms with Gasteiger partial charge < -0.3 is 5.32 Å². The first-order chi connectivity index (χ1) is 8.97. The number of pyridine rings is 1. The van der Waals surface area contributed by atoms with Gasteiger partial charge in [0.05, 0.1) is 11.4 Å². The fraction of sp³-hybridized carbons (Fsp3) is 0.583. The standard InChI is InChI=1S/C12H15ClF3N3.2ClH/c13-10-8-18-2-1-9(10)11(7-12(14,15)16)19-5-3-17-4-6-19;;/h1-2,8,11,17H,3-7H2;2*1H/t11-;;/m0../s1. The van der Waals surface area contributed by atoms with Gasteiger partial charge >= 0.3 is 6.18 Å². The van der Waals surface area contributed by atoms with Crippen LogP contribution in [0, 0.1) is 0 Å². The molecule has 1 aliphatic heterocycles. The largest absolute Gasteiger partial charge is 0.390 e. The lowest BCUT2D eigenvalue weighted by Crippen LogP contribution is -2.46. The molecule has 1 aromatic rings. The molecule has 9 heteroatoms. The number of piperazine rings is 1. The predicted molar refractivity (Wildman–Crippen MR) is 81.6 cm³/mol. The van der Waals surface area contributed by atoms with Gasteiger partial charge in [0.25, 0.3) is 0 Å². The molecule has 1 aromatic heterocycles. The fourth-order valence-corrected chi connectivity index (χ4v) is 2.55. The molecule has 1 N–H and O–H groups in total. The summed E-state index contributed by atoms with van der Waals surface area (Å²) in [4.78, 5) is 5.65. The van der Waals surface area contributed by atoms with Gasteiger partial charge in [-0.1, -0.05) is 11.6 Å². The van der Waals surface area contributed by atoms with Gasteiger partial charge in [0.15, 0.2) is 0 Å². The zero-order valence-corrected chi connectivity index (χ0v) is 13.5. The molecule has 0 unspecified atom stereocenters. The molecule has 21 heavy (non-hydrogen) atoms. The zero-order chi connectivity index (χ0) is 13.9. The SMILES string of the molecule is Cl.Cl.FC(F)(F)C[C@@H](c1ccncc1Cl)N1CCNCC1. The molecule has 0 aliphatic carbocycles. The van der Waals surface area contributed by atoms with Crippen molar-refractivity contribution < 1.29 is 13.2 Å². The second-order valence-electron chi connectivity index (χ2n) is 4.52. The lowest BCUT2D eigenvalue weighted by molar-refractivity contribution is -0.148. The molecule has 0 bridgehead atoms. The second kappa shape index (κ2) is 9.00. The Kier molecular flexibility index (Phi) is 8.89. The first kappa shape index (κ1) is 20.7. The number of hydrogen-bond acceptors (Lipinski definition) is 3. The van der Waals surface area contributed by atoms with E-state index in [1.165, 1.54) is 12.4 Å². The number of aromatic nitrogens is 1. The zero-order valence-electron chi connectivity index (χ0n) is 11.1. The monoisotopic (exact) mass is 365 g/mol. The molecular formula is C12H17Cl3F3N3. The average molecular weight is 367 g/mol. The molecule has 0 spiro atoms. The predicted octanol–water partition coefficient (Wildman–Crippen LogP) is 3.48. The first-order valence-electron chi connectivity index (χ1n) is 6.08. The van der Waals surface area contributed by atoms with Crippen molar-refractivity contribution in [2.75, 3.05) is 26.2 Å². The lowest BCUT2D eigenvalue weighted by Gasteiger charge is -2.35. The van der Waals surface area contributed by atoms with Crippen molar-refractivity contribution in [3.05, 3.63) is 29.0 Å². The summed E-state index contributed by atoms with van der Waals surface area (Å²) in [7, 11) is 0. The van der Waals surface area contributed by atoms with Crippen LogP contribution in [0.25, 0.3) is 0 Å². The quantitative estimate of drug-likeness (QED) is 0.888. The van der Waals surface area contributed by atoms with Crippen molar-refractivity contribution in [3.63, 3.8) is 0 Å². The van der Waals surface area contributed by atoms with Crippen LogP contribution in [0.2, 0.25) is 5.02 Å². The van der Waals surface area contributed by atoms with Crippen LogP contribution < -0.4 is 5.32 Å². The molecule has 0 aromatic carbocycles. The van der Waals surface area contributed by atoms with Gasteiger partial charge in [-0.15, -0.1) is 24.8 Å². The number of halogens is 6. The molecule has 1 saturated heterocycles. The van der Waals surface area contributed by atoms with E-state index in [4.69, 9.17) is 11.6 Å². The minimum atomic E-state index is -4.22. The summed E-state index contributed by atoms with van der Waals surface area (Å²) in [6.45, 7) is 2.55. The van der Waals surface area contributed by atoms with Crippen LogP contribution >= 0.6 is 36.4 Å². The van der Waals surface area contributed by atoms with Gasteiger partial charge in [-0.3, -0.25) is 9.88 Å². The summed E-state index contributed by atoms with van der Waals surface area (Å²) < 4.78 is 38.3. The highest BCUT2D eigenvalue weighted by Gasteiger charge is 2.36. The number of nitrogens with zero attached hydrogens (tertiary/aromatic N) is 2.